The summed E-state index contributed by atoms with van der Waals surface area (Å²) in [4.78, 5) is 16.5. The fraction of sp³-hybridized carbons (Fsp3) is 0.533. The number of amides is 1. The zero-order chi connectivity index (χ0) is 14.7. The van der Waals surface area contributed by atoms with Crippen LogP contribution in [0.3, 0.4) is 0 Å². The minimum atomic E-state index is -0.335. The Bertz CT molecular complexity index is 485. The summed E-state index contributed by atoms with van der Waals surface area (Å²) in [6, 6.07) is 4.22. The maximum atomic E-state index is 13.1. The van der Waals surface area contributed by atoms with Gasteiger partial charge in [-0.1, -0.05) is 0 Å². The highest BCUT2D eigenvalue weighted by Crippen LogP contribution is 2.23. The maximum absolute atomic E-state index is 13.1. The number of rotatable bonds is 3. The molecule has 1 saturated heterocycles. The molecular weight excluding hydrogens is 323 g/mol. The maximum Gasteiger partial charge on any atom is 0.255 e. The van der Waals surface area contributed by atoms with E-state index in [1.54, 1.807) is 6.07 Å². The van der Waals surface area contributed by atoms with Gasteiger partial charge in [0.2, 0.25) is 0 Å². The van der Waals surface area contributed by atoms with Gasteiger partial charge in [0.25, 0.3) is 5.91 Å². The van der Waals surface area contributed by atoms with E-state index in [1.165, 1.54) is 12.1 Å². The molecule has 0 N–H and O–H groups in total. The van der Waals surface area contributed by atoms with Crippen molar-refractivity contribution in [2.24, 2.45) is 5.92 Å². The molecular formula is C15H20BrFN2O. The quantitative estimate of drug-likeness (QED) is 0.842. The highest BCUT2D eigenvalue weighted by Gasteiger charge is 2.25. The van der Waals surface area contributed by atoms with Crippen molar-refractivity contribution in [1.29, 1.82) is 0 Å². The Kier molecular flexibility index (Phi) is 5.16. The first-order chi connectivity index (χ1) is 9.47. The van der Waals surface area contributed by atoms with Gasteiger partial charge < -0.3 is 9.80 Å². The average molecular weight is 343 g/mol. The van der Waals surface area contributed by atoms with E-state index in [1.807, 2.05) is 4.90 Å². The molecule has 0 aromatic heterocycles. The van der Waals surface area contributed by atoms with Crippen molar-refractivity contribution < 1.29 is 9.18 Å². The first kappa shape index (κ1) is 15.4. The fourth-order valence-corrected chi connectivity index (χ4v) is 3.19. The summed E-state index contributed by atoms with van der Waals surface area (Å²) in [6.07, 6.45) is 2.06. The summed E-state index contributed by atoms with van der Waals surface area (Å²) >= 11 is 3.26. The Hall–Kier alpha value is -0.940. The largest absolute Gasteiger partial charge is 0.339 e. The van der Waals surface area contributed by atoms with Gasteiger partial charge in [0.05, 0.1) is 5.56 Å². The SMILES string of the molecule is CN(C)CC1CCN(C(=O)c2ccc(F)cc2Br)CC1. The van der Waals surface area contributed by atoms with Crippen LogP contribution in [0.5, 0.6) is 0 Å². The van der Waals surface area contributed by atoms with Crippen LogP contribution in [0.1, 0.15) is 23.2 Å². The number of likely N-dealkylation sites (tertiary alicyclic amines) is 1. The monoisotopic (exact) mass is 342 g/mol. The van der Waals surface area contributed by atoms with Crippen LogP contribution in [0.4, 0.5) is 4.39 Å². The van der Waals surface area contributed by atoms with Gasteiger partial charge in [-0.3, -0.25) is 4.79 Å². The molecule has 0 aliphatic carbocycles. The molecule has 0 saturated carbocycles. The molecule has 110 valence electrons. The number of piperidine rings is 1. The van der Waals surface area contributed by atoms with Crippen LogP contribution in [-0.2, 0) is 0 Å². The Labute approximate surface area is 127 Å². The Balaban J connectivity index is 1.98. The highest BCUT2D eigenvalue weighted by molar-refractivity contribution is 9.10. The zero-order valence-corrected chi connectivity index (χ0v) is 13.5. The molecule has 1 aromatic carbocycles. The molecule has 0 spiro atoms. The van der Waals surface area contributed by atoms with Crippen LogP contribution < -0.4 is 0 Å². The second kappa shape index (κ2) is 6.68. The second-order valence-corrected chi connectivity index (χ2v) is 6.48. The van der Waals surface area contributed by atoms with Crippen molar-refractivity contribution in [1.82, 2.24) is 9.80 Å². The lowest BCUT2D eigenvalue weighted by atomic mass is 9.96. The van der Waals surface area contributed by atoms with E-state index in [-0.39, 0.29) is 11.7 Å². The van der Waals surface area contributed by atoms with Gasteiger partial charge in [-0.25, -0.2) is 4.39 Å². The lowest BCUT2D eigenvalue weighted by Gasteiger charge is -2.33. The van der Waals surface area contributed by atoms with Gasteiger partial charge in [-0.15, -0.1) is 0 Å². The number of hydrogen-bond donors (Lipinski definition) is 0. The number of halogens is 2. The van der Waals surface area contributed by atoms with Crippen LogP contribution >= 0.6 is 15.9 Å². The van der Waals surface area contributed by atoms with Crippen molar-refractivity contribution >= 4 is 21.8 Å². The van der Waals surface area contributed by atoms with Crippen molar-refractivity contribution in [3.63, 3.8) is 0 Å². The smallest absolute Gasteiger partial charge is 0.255 e. The summed E-state index contributed by atoms with van der Waals surface area (Å²) in [6.45, 7) is 2.63. The topological polar surface area (TPSA) is 23.6 Å². The van der Waals surface area contributed by atoms with Crippen LogP contribution in [0, 0.1) is 11.7 Å². The van der Waals surface area contributed by atoms with E-state index >= 15 is 0 Å². The van der Waals surface area contributed by atoms with Gasteiger partial charge in [0, 0.05) is 24.1 Å². The normalized spacial score (nSPS) is 16.8. The van der Waals surface area contributed by atoms with Crippen molar-refractivity contribution in [2.75, 3.05) is 33.7 Å². The van der Waals surface area contributed by atoms with E-state index in [0.717, 1.165) is 32.5 Å². The number of nitrogens with zero attached hydrogens (tertiary/aromatic N) is 2. The Morgan fingerprint density at radius 3 is 2.60 bits per heavy atom. The van der Waals surface area contributed by atoms with Crippen molar-refractivity contribution in [2.45, 2.75) is 12.8 Å². The summed E-state index contributed by atoms with van der Waals surface area (Å²) in [5, 5.41) is 0. The minimum Gasteiger partial charge on any atom is -0.339 e. The number of carbonyl (C=O) groups excluding carboxylic acids is 1. The van der Waals surface area contributed by atoms with E-state index in [0.29, 0.717) is 16.0 Å². The summed E-state index contributed by atoms with van der Waals surface area (Å²) in [5.41, 5.74) is 0.539. The van der Waals surface area contributed by atoms with Gasteiger partial charge in [-0.05, 0) is 67.0 Å². The first-order valence-electron chi connectivity index (χ1n) is 6.86. The summed E-state index contributed by atoms with van der Waals surface area (Å²) in [7, 11) is 4.15. The van der Waals surface area contributed by atoms with Crippen molar-refractivity contribution in [3.05, 3.63) is 34.1 Å². The first-order valence-corrected chi connectivity index (χ1v) is 7.65. The molecule has 1 fully saturated rings. The van der Waals surface area contributed by atoms with Gasteiger partial charge >= 0.3 is 0 Å². The molecule has 1 aliphatic rings. The lowest BCUT2D eigenvalue weighted by Crippen LogP contribution is -2.40. The van der Waals surface area contributed by atoms with Gasteiger partial charge in [0.1, 0.15) is 5.82 Å². The third-order valence-corrected chi connectivity index (χ3v) is 4.34. The molecule has 1 amide bonds. The highest BCUT2D eigenvalue weighted by atomic mass is 79.9. The molecule has 5 heteroatoms. The predicted octanol–water partition coefficient (Wildman–Crippen LogP) is 3.00. The van der Waals surface area contributed by atoms with Crippen LogP contribution in [0.2, 0.25) is 0 Å². The van der Waals surface area contributed by atoms with E-state index in [4.69, 9.17) is 0 Å². The molecule has 1 aliphatic heterocycles. The van der Waals surface area contributed by atoms with E-state index in [2.05, 4.69) is 34.9 Å². The molecule has 1 heterocycles. The third kappa shape index (κ3) is 3.79. The van der Waals surface area contributed by atoms with Crippen LogP contribution in [-0.4, -0.2) is 49.4 Å². The minimum absolute atomic E-state index is 0.0137. The van der Waals surface area contributed by atoms with Gasteiger partial charge in [-0.2, -0.15) is 0 Å². The Morgan fingerprint density at radius 2 is 2.05 bits per heavy atom. The number of hydrogen-bond acceptors (Lipinski definition) is 2. The lowest BCUT2D eigenvalue weighted by molar-refractivity contribution is 0.0677. The number of carbonyl (C=O) groups is 1. The standard InChI is InChI=1S/C15H20BrFN2O/c1-18(2)10-11-5-7-19(8-6-11)15(20)13-4-3-12(17)9-14(13)16/h3-4,9,11H,5-8,10H2,1-2H3. The molecule has 3 nitrogen and oxygen atoms in total. The fourth-order valence-electron chi connectivity index (χ4n) is 2.67. The average Bonchev–Trinajstić information content (AvgIpc) is 2.38. The molecule has 20 heavy (non-hydrogen) atoms. The zero-order valence-electron chi connectivity index (χ0n) is 11.9. The molecule has 2 rings (SSSR count). The van der Waals surface area contributed by atoms with E-state index in [9.17, 15) is 9.18 Å². The Morgan fingerprint density at radius 1 is 1.40 bits per heavy atom. The van der Waals surface area contributed by atoms with E-state index < -0.39 is 0 Å². The number of benzene rings is 1. The predicted molar refractivity (Wildman–Crippen MR) is 81.3 cm³/mol. The second-order valence-electron chi connectivity index (χ2n) is 5.62. The van der Waals surface area contributed by atoms with Crippen LogP contribution in [0.15, 0.2) is 22.7 Å². The molecule has 0 atom stereocenters. The van der Waals surface area contributed by atoms with Crippen molar-refractivity contribution in [3.8, 4) is 0 Å². The molecule has 0 unspecified atom stereocenters. The van der Waals surface area contributed by atoms with Gasteiger partial charge in [0.15, 0.2) is 0 Å². The molecule has 0 bridgehead atoms. The third-order valence-electron chi connectivity index (χ3n) is 3.69. The summed E-state index contributed by atoms with van der Waals surface area (Å²) in [5.74, 6) is 0.309. The molecule has 0 radical (unpaired) electrons. The molecule has 1 aromatic rings. The summed E-state index contributed by atoms with van der Waals surface area (Å²) < 4.78 is 13.6. The van der Waals surface area contributed by atoms with Crippen LogP contribution in [0.25, 0.3) is 0 Å².